The van der Waals surface area contributed by atoms with Crippen LogP contribution in [0.5, 0.6) is 0 Å². The summed E-state index contributed by atoms with van der Waals surface area (Å²) in [7, 11) is -3.52. The quantitative estimate of drug-likeness (QED) is 0.598. The summed E-state index contributed by atoms with van der Waals surface area (Å²) in [4.78, 5) is 0. The third-order valence-electron chi connectivity index (χ3n) is 1.44. The van der Waals surface area contributed by atoms with Gasteiger partial charge in [-0.3, -0.25) is 0 Å². The molecule has 0 bridgehead atoms. The zero-order chi connectivity index (χ0) is 12.4. The Bertz CT molecular complexity index is 433. The summed E-state index contributed by atoms with van der Waals surface area (Å²) < 4.78 is 24.4. The van der Waals surface area contributed by atoms with Gasteiger partial charge in [-0.05, 0) is 5.56 Å². The van der Waals surface area contributed by atoms with E-state index >= 15 is 0 Å². The van der Waals surface area contributed by atoms with Crippen LogP contribution >= 0.6 is 0 Å². The Hall–Kier alpha value is -1.81. The average molecular weight is 238 g/mol. The molecule has 1 rings (SSSR count). The second-order valence-corrected chi connectivity index (χ2v) is 4.05. The van der Waals surface area contributed by atoms with Crippen LogP contribution in [0.1, 0.15) is 5.56 Å². The van der Waals surface area contributed by atoms with Gasteiger partial charge in [0.25, 0.3) is 0 Å². The van der Waals surface area contributed by atoms with E-state index in [0.717, 1.165) is 6.26 Å². The predicted octanol–water partition coefficient (Wildman–Crippen LogP) is 2.95. The Labute approximate surface area is 96.5 Å². The van der Waals surface area contributed by atoms with Crippen LogP contribution in [0.15, 0.2) is 61.7 Å². The first-order chi connectivity index (χ1) is 7.55. The molecule has 1 aromatic carbocycles. The monoisotopic (exact) mass is 238 g/mol. The smallest absolute Gasteiger partial charge is 0.331 e. The maximum absolute atomic E-state index is 10.2. The molecule has 16 heavy (non-hydrogen) atoms. The average Bonchev–Trinajstić information content (AvgIpc) is 2.31. The van der Waals surface area contributed by atoms with Gasteiger partial charge in [0.15, 0.2) is 0 Å². The molecule has 4 heteroatoms. The summed E-state index contributed by atoms with van der Waals surface area (Å²) in [5.41, 5.74) is 1.17. The summed E-state index contributed by atoms with van der Waals surface area (Å²) in [5.74, 6) is 0. The highest BCUT2D eigenvalue weighted by atomic mass is 32.2. The van der Waals surface area contributed by atoms with Crippen molar-refractivity contribution in [2.24, 2.45) is 0 Å². The van der Waals surface area contributed by atoms with Crippen molar-refractivity contribution in [2.45, 2.75) is 0 Å². The number of rotatable bonds is 4. The van der Waals surface area contributed by atoms with E-state index in [9.17, 15) is 8.42 Å². The van der Waals surface area contributed by atoms with Crippen molar-refractivity contribution in [2.75, 3.05) is 0 Å². The van der Waals surface area contributed by atoms with E-state index in [0.29, 0.717) is 5.41 Å². The predicted molar refractivity (Wildman–Crippen MR) is 66.9 cm³/mol. The molecule has 86 valence electrons. The zero-order valence-electron chi connectivity index (χ0n) is 8.87. The molecule has 0 aliphatic rings. The lowest BCUT2D eigenvalue weighted by atomic mass is 10.2. The molecule has 0 unspecified atom stereocenters. The second kappa shape index (κ2) is 7.48. The molecule has 0 atom stereocenters. The minimum Gasteiger partial charge on any atom is -0.388 e. The van der Waals surface area contributed by atoms with Gasteiger partial charge in [0.05, 0.1) is 11.7 Å². The largest absolute Gasteiger partial charge is 0.388 e. The van der Waals surface area contributed by atoms with Crippen molar-refractivity contribution in [1.29, 1.82) is 0 Å². The summed E-state index contributed by atoms with van der Waals surface area (Å²) in [6.45, 7) is 9.67. The normalized spacial score (nSPS) is 9.25. The van der Waals surface area contributed by atoms with Crippen LogP contribution in [0, 0.1) is 0 Å². The van der Waals surface area contributed by atoms with Crippen LogP contribution in [-0.4, -0.2) is 8.42 Å². The van der Waals surface area contributed by atoms with Crippen LogP contribution < -0.4 is 0 Å². The van der Waals surface area contributed by atoms with Crippen LogP contribution in [0.4, 0.5) is 0 Å². The highest BCUT2D eigenvalue weighted by Gasteiger charge is 1.97. The summed E-state index contributed by atoms with van der Waals surface area (Å²) >= 11 is 0. The fraction of sp³-hybridized carbons (Fsp3) is 0. The van der Waals surface area contributed by atoms with Gasteiger partial charge >= 0.3 is 10.1 Å². The van der Waals surface area contributed by atoms with Crippen molar-refractivity contribution in [3.05, 3.63) is 67.3 Å². The first-order valence-electron chi connectivity index (χ1n) is 4.40. The van der Waals surface area contributed by atoms with Gasteiger partial charge in [-0.15, -0.1) is 0 Å². The first kappa shape index (κ1) is 14.2. The zero-order valence-corrected chi connectivity index (χ0v) is 9.69. The van der Waals surface area contributed by atoms with Crippen molar-refractivity contribution in [3.63, 3.8) is 0 Å². The fourth-order valence-electron chi connectivity index (χ4n) is 0.723. The Balaban J connectivity index is 0.000000281. The van der Waals surface area contributed by atoms with Gasteiger partial charge in [-0.25, -0.2) is 0 Å². The molecule has 0 saturated carbocycles. The SMILES string of the molecule is C=COS(=O)(=O)C=C.C=Cc1ccccc1. The highest BCUT2D eigenvalue weighted by molar-refractivity contribution is 7.89. The molecule has 0 aromatic heterocycles. The Morgan fingerprint density at radius 1 is 1.06 bits per heavy atom. The Kier molecular flexibility index (Phi) is 6.63. The van der Waals surface area contributed by atoms with E-state index in [-0.39, 0.29) is 0 Å². The van der Waals surface area contributed by atoms with E-state index in [1.807, 2.05) is 36.4 Å². The van der Waals surface area contributed by atoms with E-state index in [2.05, 4.69) is 23.9 Å². The maximum Gasteiger partial charge on any atom is 0.331 e. The molecule has 3 nitrogen and oxygen atoms in total. The van der Waals surface area contributed by atoms with E-state index < -0.39 is 10.1 Å². The van der Waals surface area contributed by atoms with Gasteiger partial charge in [0, 0.05) is 0 Å². The van der Waals surface area contributed by atoms with E-state index in [4.69, 9.17) is 0 Å². The Morgan fingerprint density at radius 2 is 1.62 bits per heavy atom. The van der Waals surface area contributed by atoms with Gasteiger partial charge in [-0.1, -0.05) is 56.1 Å². The third kappa shape index (κ3) is 6.62. The molecule has 0 saturated heterocycles. The minimum atomic E-state index is -3.52. The molecule has 1 aromatic rings. The van der Waals surface area contributed by atoms with Crippen molar-refractivity contribution < 1.29 is 12.6 Å². The highest BCUT2D eigenvalue weighted by Crippen LogP contribution is 1.97. The first-order valence-corrected chi connectivity index (χ1v) is 5.87. The topological polar surface area (TPSA) is 43.4 Å². The molecule has 0 aliphatic heterocycles. The van der Waals surface area contributed by atoms with Crippen LogP contribution in [0.3, 0.4) is 0 Å². The minimum absolute atomic E-state index is 0.703. The lowest BCUT2D eigenvalue weighted by Crippen LogP contribution is -1.93. The van der Waals surface area contributed by atoms with E-state index in [1.165, 1.54) is 5.56 Å². The molecular formula is C12H14O3S. The van der Waals surface area contributed by atoms with E-state index in [1.54, 1.807) is 0 Å². The Morgan fingerprint density at radius 3 is 1.88 bits per heavy atom. The van der Waals surface area contributed by atoms with Crippen LogP contribution in [-0.2, 0) is 14.3 Å². The van der Waals surface area contributed by atoms with Crippen LogP contribution in [0.25, 0.3) is 6.08 Å². The van der Waals surface area contributed by atoms with Gasteiger partial charge in [0.1, 0.15) is 0 Å². The lowest BCUT2D eigenvalue weighted by Gasteiger charge is -1.90. The molecule has 0 radical (unpaired) electrons. The summed E-state index contributed by atoms with van der Waals surface area (Å²) in [6, 6.07) is 10.0. The molecule has 0 heterocycles. The third-order valence-corrected chi connectivity index (χ3v) is 2.25. The van der Waals surface area contributed by atoms with Crippen molar-refractivity contribution in [1.82, 2.24) is 0 Å². The summed E-state index contributed by atoms with van der Waals surface area (Å²) in [5, 5.41) is 0.703. The maximum atomic E-state index is 10.2. The van der Waals surface area contributed by atoms with Gasteiger partial charge in [0.2, 0.25) is 0 Å². The fourth-order valence-corrected chi connectivity index (χ4v) is 0.991. The molecule has 0 amide bonds. The van der Waals surface area contributed by atoms with Gasteiger partial charge < -0.3 is 4.18 Å². The molecule has 0 aliphatic carbocycles. The number of benzene rings is 1. The van der Waals surface area contributed by atoms with Crippen molar-refractivity contribution >= 4 is 16.2 Å². The van der Waals surface area contributed by atoms with Gasteiger partial charge in [-0.2, -0.15) is 8.42 Å². The number of hydrogen-bond acceptors (Lipinski definition) is 3. The van der Waals surface area contributed by atoms with Crippen molar-refractivity contribution in [3.8, 4) is 0 Å². The molecular weight excluding hydrogens is 224 g/mol. The molecule has 0 fully saturated rings. The molecule has 0 spiro atoms. The molecule has 0 N–H and O–H groups in total. The lowest BCUT2D eigenvalue weighted by molar-refractivity contribution is 0.454. The standard InChI is InChI=1S/C8H8.C4H6O3S/c1-2-8-6-4-3-5-7-8;1-3-7-8(5,6)4-2/h2-7H,1H2;3-4H,1-2H2. The summed E-state index contributed by atoms with van der Waals surface area (Å²) in [6.07, 6.45) is 2.66. The van der Waals surface area contributed by atoms with Crippen LogP contribution in [0.2, 0.25) is 0 Å². The second-order valence-electron chi connectivity index (χ2n) is 2.54. The number of hydrogen-bond donors (Lipinski definition) is 0.